The van der Waals surface area contributed by atoms with Gasteiger partial charge in [-0.2, -0.15) is 0 Å². The summed E-state index contributed by atoms with van der Waals surface area (Å²) in [6.07, 6.45) is 7.17. The highest BCUT2D eigenvalue weighted by atomic mass is 16.1. The van der Waals surface area contributed by atoms with Gasteiger partial charge in [-0.1, -0.05) is 25.8 Å². The van der Waals surface area contributed by atoms with Crippen LogP contribution in [0.5, 0.6) is 0 Å². The summed E-state index contributed by atoms with van der Waals surface area (Å²) in [5, 5.41) is 6.68. The standard InChI is InChI=1S/C20H34N6O/c1-3-5-6-11-24-20(22-4-2)25-14-16-9-7-12-23-19(16)26-13-8-10-17(15-26)18(21)27/h7,9,12,17H,3-6,8,10-11,13-15H2,1-2H3,(H2,21,27)(H2,22,24,25). The largest absolute Gasteiger partial charge is 0.369 e. The van der Waals surface area contributed by atoms with Crippen molar-refractivity contribution in [3.63, 3.8) is 0 Å². The lowest BCUT2D eigenvalue weighted by Crippen LogP contribution is -2.42. The maximum atomic E-state index is 11.6. The van der Waals surface area contributed by atoms with Crippen LogP contribution < -0.4 is 21.3 Å². The minimum absolute atomic E-state index is 0.102. The lowest BCUT2D eigenvalue weighted by molar-refractivity contribution is -0.122. The highest BCUT2D eigenvalue weighted by Gasteiger charge is 2.25. The summed E-state index contributed by atoms with van der Waals surface area (Å²) in [5.74, 6) is 1.42. The van der Waals surface area contributed by atoms with E-state index in [-0.39, 0.29) is 11.8 Å². The lowest BCUT2D eigenvalue weighted by atomic mass is 9.97. The van der Waals surface area contributed by atoms with Crippen LogP contribution in [0.2, 0.25) is 0 Å². The van der Waals surface area contributed by atoms with Crippen molar-refractivity contribution in [1.82, 2.24) is 15.6 Å². The monoisotopic (exact) mass is 374 g/mol. The number of nitrogens with two attached hydrogens (primary N) is 1. The quantitative estimate of drug-likeness (QED) is 0.349. The van der Waals surface area contributed by atoms with Crippen molar-refractivity contribution in [3.05, 3.63) is 23.9 Å². The van der Waals surface area contributed by atoms with E-state index in [9.17, 15) is 4.79 Å². The van der Waals surface area contributed by atoms with Crippen molar-refractivity contribution in [2.24, 2.45) is 16.6 Å². The summed E-state index contributed by atoms with van der Waals surface area (Å²) >= 11 is 0. The highest BCUT2D eigenvalue weighted by Crippen LogP contribution is 2.24. The second-order valence-corrected chi connectivity index (χ2v) is 7.00. The SMILES string of the molecule is CCCCCNC(=NCc1cccnc1N1CCCC(C(N)=O)C1)NCC. The van der Waals surface area contributed by atoms with Gasteiger partial charge in [0.1, 0.15) is 5.82 Å². The van der Waals surface area contributed by atoms with Gasteiger partial charge < -0.3 is 21.3 Å². The van der Waals surface area contributed by atoms with Gasteiger partial charge in [0.25, 0.3) is 0 Å². The minimum Gasteiger partial charge on any atom is -0.369 e. The van der Waals surface area contributed by atoms with Crippen LogP contribution in [0, 0.1) is 5.92 Å². The van der Waals surface area contributed by atoms with Crippen LogP contribution in [-0.4, -0.2) is 43.0 Å². The normalized spacial score (nSPS) is 17.6. The van der Waals surface area contributed by atoms with E-state index in [1.165, 1.54) is 12.8 Å². The first-order valence-electron chi connectivity index (χ1n) is 10.2. The summed E-state index contributed by atoms with van der Waals surface area (Å²) in [4.78, 5) is 23.1. The lowest BCUT2D eigenvalue weighted by Gasteiger charge is -2.33. The Bertz CT molecular complexity index is 618. The summed E-state index contributed by atoms with van der Waals surface area (Å²) < 4.78 is 0. The molecule has 27 heavy (non-hydrogen) atoms. The van der Waals surface area contributed by atoms with Gasteiger partial charge in [0.15, 0.2) is 5.96 Å². The predicted octanol–water partition coefficient (Wildman–Crippen LogP) is 2.03. The smallest absolute Gasteiger partial charge is 0.222 e. The molecule has 1 aromatic heterocycles. The molecule has 1 fully saturated rings. The zero-order valence-electron chi connectivity index (χ0n) is 16.7. The molecule has 7 nitrogen and oxygen atoms in total. The number of anilines is 1. The van der Waals surface area contributed by atoms with Gasteiger partial charge in [-0.05, 0) is 32.3 Å². The van der Waals surface area contributed by atoms with E-state index in [0.29, 0.717) is 13.1 Å². The fourth-order valence-corrected chi connectivity index (χ4v) is 3.33. The van der Waals surface area contributed by atoms with Crippen molar-refractivity contribution >= 4 is 17.7 Å². The van der Waals surface area contributed by atoms with Gasteiger partial charge in [0.05, 0.1) is 12.5 Å². The molecular formula is C20H34N6O. The van der Waals surface area contributed by atoms with Crippen molar-refractivity contribution in [3.8, 4) is 0 Å². The third-order valence-corrected chi connectivity index (χ3v) is 4.82. The van der Waals surface area contributed by atoms with E-state index in [0.717, 1.165) is 56.2 Å². The summed E-state index contributed by atoms with van der Waals surface area (Å²) in [6, 6.07) is 3.99. The Morgan fingerprint density at radius 3 is 2.96 bits per heavy atom. The number of unbranched alkanes of at least 4 members (excludes halogenated alkanes) is 2. The van der Waals surface area contributed by atoms with Crippen LogP contribution in [0.3, 0.4) is 0 Å². The van der Waals surface area contributed by atoms with Crippen LogP contribution in [-0.2, 0) is 11.3 Å². The number of amides is 1. The number of nitrogens with one attached hydrogen (secondary N) is 2. The van der Waals surface area contributed by atoms with Crippen LogP contribution in [0.1, 0.15) is 51.5 Å². The van der Waals surface area contributed by atoms with Gasteiger partial charge >= 0.3 is 0 Å². The number of pyridine rings is 1. The summed E-state index contributed by atoms with van der Waals surface area (Å²) in [5.41, 5.74) is 6.58. The highest BCUT2D eigenvalue weighted by molar-refractivity contribution is 5.80. The van der Waals surface area contributed by atoms with Crippen LogP contribution >= 0.6 is 0 Å². The second kappa shape index (κ2) is 11.4. The van der Waals surface area contributed by atoms with Crippen LogP contribution in [0.25, 0.3) is 0 Å². The van der Waals surface area contributed by atoms with Crippen molar-refractivity contribution < 1.29 is 4.79 Å². The molecule has 0 saturated carbocycles. The number of primary amides is 1. The summed E-state index contributed by atoms with van der Waals surface area (Å²) in [7, 11) is 0. The Kier molecular flexibility index (Phi) is 8.87. The molecule has 0 aliphatic carbocycles. The van der Waals surface area contributed by atoms with E-state index < -0.39 is 0 Å². The fraction of sp³-hybridized carbons (Fsp3) is 0.650. The Hall–Kier alpha value is -2.31. The van der Waals surface area contributed by atoms with Crippen LogP contribution in [0.15, 0.2) is 23.3 Å². The van der Waals surface area contributed by atoms with Crippen molar-refractivity contribution in [1.29, 1.82) is 0 Å². The Morgan fingerprint density at radius 1 is 1.37 bits per heavy atom. The number of nitrogens with zero attached hydrogens (tertiary/aromatic N) is 3. The molecule has 150 valence electrons. The molecule has 1 amide bonds. The molecule has 0 spiro atoms. The van der Waals surface area contributed by atoms with Gasteiger partial charge in [-0.3, -0.25) is 4.79 Å². The van der Waals surface area contributed by atoms with Crippen molar-refractivity contribution in [2.45, 2.75) is 52.5 Å². The van der Waals surface area contributed by atoms with Crippen molar-refractivity contribution in [2.75, 3.05) is 31.1 Å². The molecule has 7 heteroatoms. The Labute approximate surface area is 162 Å². The van der Waals surface area contributed by atoms with E-state index in [2.05, 4.69) is 40.4 Å². The fourth-order valence-electron chi connectivity index (χ4n) is 3.33. The molecule has 1 aromatic rings. The number of hydrogen-bond donors (Lipinski definition) is 3. The minimum atomic E-state index is -0.221. The Balaban J connectivity index is 2.05. The third kappa shape index (κ3) is 6.73. The number of carbonyl (C=O) groups excluding carboxylic acids is 1. The molecule has 0 aromatic carbocycles. The molecule has 1 saturated heterocycles. The molecule has 4 N–H and O–H groups in total. The molecule has 1 unspecified atom stereocenters. The molecule has 2 rings (SSSR count). The molecular weight excluding hydrogens is 340 g/mol. The van der Waals surface area contributed by atoms with Gasteiger partial charge in [0, 0.05) is 37.9 Å². The first kappa shape index (κ1) is 21.0. The second-order valence-electron chi connectivity index (χ2n) is 7.00. The molecule has 1 aliphatic rings. The molecule has 1 atom stereocenters. The number of hydrogen-bond acceptors (Lipinski definition) is 4. The first-order valence-corrected chi connectivity index (χ1v) is 10.2. The average Bonchev–Trinajstić information content (AvgIpc) is 2.69. The predicted molar refractivity (Wildman–Crippen MR) is 111 cm³/mol. The zero-order valence-corrected chi connectivity index (χ0v) is 16.7. The number of piperidine rings is 1. The number of aromatic nitrogens is 1. The maximum absolute atomic E-state index is 11.6. The molecule has 0 radical (unpaired) electrons. The number of carbonyl (C=O) groups is 1. The Morgan fingerprint density at radius 2 is 2.22 bits per heavy atom. The topological polar surface area (TPSA) is 95.6 Å². The number of rotatable bonds is 9. The molecule has 0 bridgehead atoms. The van der Waals surface area contributed by atoms with Gasteiger partial charge in [-0.25, -0.2) is 9.98 Å². The number of aliphatic imine (C=N–C) groups is 1. The average molecular weight is 375 g/mol. The van der Waals surface area contributed by atoms with E-state index in [4.69, 9.17) is 10.7 Å². The maximum Gasteiger partial charge on any atom is 0.222 e. The van der Waals surface area contributed by atoms with E-state index in [1.807, 2.05) is 6.07 Å². The van der Waals surface area contributed by atoms with E-state index in [1.54, 1.807) is 6.20 Å². The summed E-state index contributed by atoms with van der Waals surface area (Å²) in [6.45, 7) is 8.09. The number of guanidine groups is 1. The van der Waals surface area contributed by atoms with Gasteiger partial charge in [0.2, 0.25) is 5.91 Å². The zero-order chi connectivity index (χ0) is 19.5. The van der Waals surface area contributed by atoms with Gasteiger partial charge in [-0.15, -0.1) is 0 Å². The van der Waals surface area contributed by atoms with Crippen LogP contribution in [0.4, 0.5) is 5.82 Å². The molecule has 2 heterocycles. The first-order chi connectivity index (χ1) is 13.2. The van der Waals surface area contributed by atoms with E-state index >= 15 is 0 Å². The molecule has 1 aliphatic heterocycles. The third-order valence-electron chi connectivity index (χ3n) is 4.82.